The molecule has 1 saturated heterocycles. The van der Waals surface area contributed by atoms with E-state index >= 15 is 0 Å². The number of carbonyl (C=O) groups excluding carboxylic acids is 2. The van der Waals surface area contributed by atoms with Gasteiger partial charge in [0.25, 0.3) is 0 Å². The van der Waals surface area contributed by atoms with Crippen LogP contribution in [0.25, 0.3) is 6.08 Å². The molecule has 220 valence electrons. The normalized spacial score (nSPS) is 24.3. The lowest BCUT2D eigenvalue weighted by molar-refractivity contribution is -0.131. The lowest BCUT2D eigenvalue weighted by Gasteiger charge is -2.43. The van der Waals surface area contributed by atoms with Crippen LogP contribution < -0.4 is 10.2 Å². The number of hydrogen-bond donors (Lipinski definition) is 1. The quantitative estimate of drug-likeness (QED) is 0.427. The Bertz CT molecular complexity index is 1380. The Kier molecular flexibility index (Phi) is 8.34. The first-order valence-corrected chi connectivity index (χ1v) is 15.6. The molecule has 0 saturated carbocycles. The van der Waals surface area contributed by atoms with Crippen molar-refractivity contribution in [2.24, 2.45) is 11.3 Å². The maximum absolute atomic E-state index is 14.0. The molecule has 2 unspecified atom stereocenters. The first kappa shape index (κ1) is 28.5. The molecule has 0 spiro atoms. The fraction of sp³-hybridized carbons (Fsp3) is 0.444. The molecule has 2 aliphatic carbocycles. The monoisotopic (exact) mass is 564 g/mol. The van der Waals surface area contributed by atoms with Gasteiger partial charge in [-0.1, -0.05) is 80.6 Å². The summed E-state index contributed by atoms with van der Waals surface area (Å²) in [5, 5.41) is 3.70. The number of fused-ring (bicyclic) bond motifs is 1. The number of hydrogen-bond acceptors (Lipinski definition) is 5. The molecular formula is C36H44N4O2. The first-order valence-electron chi connectivity index (χ1n) is 15.6. The van der Waals surface area contributed by atoms with Gasteiger partial charge in [0.2, 0.25) is 5.91 Å². The van der Waals surface area contributed by atoms with Gasteiger partial charge in [-0.25, -0.2) is 0 Å². The van der Waals surface area contributed by atoms with Crippen molar-refractivity contribution in [1.29, 1.82) is 0 Å². The summed E-state index contributed by atoms with van der Waals surface area (Å²) in [7, 11) is 0. The maximum atomic E-state index is 14.0. The van der Waals surface area contributed by atoms with E-state index in [1.165, 1.54) is 5.56 Å². The minimum absolute atomic E-state index is 0.0875. The molecule has 2 heterocycles. The predicted octanol–water partition coefficient (Wildman–Crippen LogP) is 6.14. The molecule has 0 radical (unpaired) electrons. The summed E-state index contributed by atoms with van der Waals surface area (Å²) in [6.45, 7) is 8.71. The second-order valence-corrected chi connectivity index (χ2v) is 13.1. The van der Waals surface area contributed by atoms with Crippen molar-refractivity contribution in [3.05, 3.63) is 89.7 Å². The van der Waals surface area contributed by atoms with E-state index in [9.17, 15) is 9.59 Å². The number of anilines is 2. The molecule has 42 heavy (non-hydrogen) atoms. The number of nitrogens with zero attached hydrogens (tertiary/aromatic N) is 3. The SMILES string of the molecule is CC1(C)CC(=O)C2=C(C1)Nc1ccccc1N(CC(=O)N1CCN(C/C=C/c3ccccc3)CC1)C2C1CC=CCC1. The number of rotatable bonds is 6. The van der Waals surface area contributed by atoms with Gasteiger partial charge < -0.3 is 15.1 Å². The Hall–Kier alpha value is -3.64. The Labute approximate surface area is 250 Å². The Morgan fingerprint density at radius 1 is 0.976 bits per heavy atom. The van der Waals surface area contributed by atoms with Crippen LogP contribution in [0.1, 0.15) is 51.5 Å². The highest BCUT2D eigenvalue weighted by atomic mass is 16.2. The number of carbonyl (C=O) groups is 2. The van der Waals surface area contributed by atoms with E-state index in [-0.39, 0.29) is 29.7 Å². The van der Waals surface area contributed by atoms with Gasteiger partial charge in [0, 0.05) is 50.4 Å². The fourth-order valence-electron chi connectivity index (χ4n) is 7.19. The largest absolute Gasteiger partial charge is 0.357 e. The van der Waals surface area contributed by atoms with Gasteiger partial charge in [-0.3, -0.25) is 14.5 Å². The molecule has 1 amide bonds. The third-order valence-electron chi connectivity index (χ3n) is 9.31. The average molecular weight is 565 g/mol. The molecule has 6 nitrogen and oxygen atoms in total. The van der Waals surface area contributed by atoms with Crippen LogP contribution in [0, 0.1) is 11.3 Å². The summed E-state index contributed by atoms with van der Waals surface area (Å²) in [5.41, 5.74) is 5.10. The second-order valence-electron chi connectivity index (χ2n) is 13.1. The van der Waals surface area contributed by atoms with Crippen molar-refractivity contribution in [3.8, 4) is 0 Å². The topological polar surface area (TPSA) is 55.9 Å². The van der Waals surface area contributed by atoms with Crippen LogP contribution in [-0.2, 0) is 9.59 Å². The van der Waals surface area contributed by atoms with E-state index in [1.54, 1.807) is 0 Å². The van der Waals surface area contributed by atoms with Crippen LogP contribution in [-0.4, -0.2) is 66.8 Å². The average Bonchev–Trinajstić information content (AvgIpc) is 3.12. The van der Waals surface area contributed by atoms with Crippen molar-refractivity contribution < 1.29 is 9.59 Å². The van der Waals surface area contributed by atoms with Crippen molar-refractivity contribution in [1.82, 2.24) is 9.80 Å². The zero-order valence-corrected chi connectivity index (χ0v) is 25.1. The van der Waals surface area contributed by atoms with Crippen LogP contribution in [0.5, 0.6) is 0 Å². The summed E-state index contributed by atoms with van der Waals surface area (Å²) in [5.74, 6) is 0.670. The van der Waals surface area contributed by atoms with Gasteiger partial charge in [0.05, 0.1) is 24.0 Å². The predicted molar refractivity (Wildman–Crippen MR) is 171 cm³/mol. The van der Waals surface area contributed by atoms with Gasteiger partial charge >= 0.3 is 0 Å². The number of ketones is 1. The summed E-state index contributed by atoms with van der Waals surface area (Å²) in [6.07, 6.45) is 13.3. The van der Waals surface area contributed by atoms with E-state index in [0.29, 0.717) is 12.3 Å². The van der Waals surface area contributed by atoms with Crippen LogP contribution in [0.4, 0.5) is 11.4 Å². The number of amides is 1. The highest BCUT2D eigenvalue weighted by Gasteiger charge is 2.44. The summed E-state index contributed by atoms with van der Waals surface area (Å²) in [4.78, 5) is 34.6. The Balaban J connectivity index is 1.22. The molecule has 6 rings (SSSR count). The van der Waals surface area contributed by atoms with Crippen LogP contribution in [0.2, 0.25) is 0 Å². The number of allylic oxidation sites excluding steroid dienone is 3. The maximum Gasteiger partial charge on any atom is 0.242 e. The van der Waals surface area contributed by atoms with Gasteiger partial charge in [-0.05, 0) is 54.7 Å². The number of para-hydroxylation sites is 2. The summed E-state index contributed by atoms with van der Waals surface area (Å²) in [6, 6.07) is 18.6. The van der Waals surface area contributed by atoms with Gasteiger partial charge in [-0.2, -0.15) is 0 Å². The number of benzene rings is 2. The minimum Gasteiger partial charge on any atom is -0.357 e. The van der Waals surface area contributed by atoms with E-state index in [1.807, 2.05) is 23.1 Å². The molecule has 2 aliphatic heterocycles. The molecule has 2 aromatic carbocycles. The number of Topliss-reactive ketones (excluding diaryl/α,β-unsaturated/α-hetero) is 1. The second kappa shape index (κ2) is 12.3. The minimum atomic E-state index is -0.113. The van der Waals surface area contributed by atoms with Crippen LogP contribution >= 0.6 is 0 Å². The zero-order valence-electron chi connectivity index (χ0n) is 25.1. The standard InChI is InChI=1S/C36H44N4O2/c1-36(2)24-30-34(32(41)25-36)35(28-15-7-4-8-16-28)40(31-18-10-9-17-29(31)37-30)26-33(42)39-22-20-38(21-23-39)19-11-14-27-12-5-3-6-13-27/h3-7,9-14,17-18,28,35,37H,8,15-16,19-26H2,1-2H3/b14-11+. The number of nitrogens with one attached hydrogen (secondary N) is 1. The summed E-state index contributed by atoms with van der Waals surface area (Å²) >= 11 is 0. The third-order valence-corrected chi connectivity index (χ3v) is 9.31. The van der Waals surface area contributed by atoms with Crippen molar-refractivity contribution >= 4 is 29.1 Å². The van der Waals surface area contributed by atoms with Crippen molar-refractivity contribution in [3.63, 3.8) is 0 Å². The third kappa shape index (κ3) is 6.24. The first-order chi connectivity index (χ1) is 20.4. The van der Waals surface area contributed by atoms with E-state index < -0.39 is 0 Å². The van der Waals surface area contributed by atoms with E-state index in [4.69, 9.17) is 0 Å². The van der Waals surface area contributed by atoms with Gasteiger partial charge in [0.1, 0.15) is 0 Å². The molecule has 1 fully saturated rings. The molecule has 6 heteroatoms. The molecule has 2 aromatic rings. The van der Waals surface area contributed by atoms with Gasteiger partial charge in [-0.15, -0.1) is 0 Å². The zero-order chi connectivity index (χ0) is 29.1. The molecule has 2 atom stereocenters. The van der Waals surface area contributed by atoms with E-state index in [2.05, 4.69) is 89.7 Å². The van der Waals surface area contributed by atoms with Crippen molar-refractivity contribution in [2.75, 3.05) is 49.5 Å². The van der Waals surface area contributed by atoms with Crippen molar-refractivity contribution in [2.45, 2.75) is 52.0 Å². The smallest absolute Gasteiger partial charge is 0.242 e. The Morgan fingerprint density at radius 3 is 2.50 bits per heavy atom. The van der Waals surface area contributed by atoms with E-state index in [0.717, 1.165) is 81.1 Å². The molecule has 0 aromatic heterocycles. The number of piperazine rings is 1. The van der Waals surface area contributed by atoms with Crippen LogP contribution in [0.15, 0.2) is 84.1 Å². The lowest BCUT2D eigenvalue weighted by Crippen LogP contribution is -2.54. The van der Waals surface area contributed by atoms with Gasteiger partial charge in [0.15, 0.2) is 5.78 Å². The Morgan fingerprint density at radius 2 is 1.74 bits per heavy atom. The molecule has 4 aliphatic rings. The van der Waals surface area contributed by atoms with Crippen LogP contribution in [0.3, 0.4) is 0 Å². The molecule has 1 N–H and O–H groups in total. The molecule has 0 bridgehead atoms. The highest BCUT2D eigenvalue weighted by molar-refractivity contribution is 6.01. The fourth-order valence-corrected chi connectivity index (χ4v) is 7.19. The molecular weight excluding hydrogens is 520 g/mol. The summed E-state index contributed by atoms with van der Waals surface area (Å²) < 4.78 is 0. The highest BCUT2D eigenvalue weighted by Crippen LogP contribution is 2.46. The lowest BCUT2D eigenvalue weighted by atomic mass is 9.71.